The molecule has 2 N–H and O–H groups in total. The molecule has 0 atom stereocenters. The fraction of sp³-hybridized carbons (Fsp3) is 0.0909. The van der Waals surface area contributed by atoms with Crippen molar-refractivity contribution < 1.29 is 14.7 Å². The molecule has 84 valence electrons. The molecule has 1 aromatic carbocycles. The number of amides is 1. The molecule has 0 fully saturated rings. The van der Waals surface area contributed by atoms with Gasteiger partial charge in [-0.15, -0.1) is 0 Å². The standard InChI is InChI=1S/C11H10BrNO3/c12-9-3-1-2-8(6-9)7-13-10(14)4-5-11(15)16/h1-6H,7H2,(H,13,14)(H,15,16). The minimum atomic E-state index is -1.14. The molecule has 5 heteroatoms. The van der Waals surface area contributed by atoms with Crippen LogP contribution in [0.1, 0.15) is 5.56 Å². The van der Waals surface area contributed by atoms with Crippen molar-refractivity contribution in [2.45, 2.75) is 6.54 Å². The Labute approximate surface area is 101 Å². The number of hydrogen-bond acceptors (Lipinski definition) is 2. The number of carboxylic acid groups (broad SMARTS) is 1. The van der Waals surface area contributed by atoms with E-state index in [0.717, 1.165) is 22.2 Å². The van der Waals surface area contributed by atoms with Crippen LogP contribution >= 0.6 is 15.9 Å². The van der Waals surface area contributed by atoms with Crippen LogP contribution in [0.15, 0.2) is 40.9 Å². The third kappa shape index (κ3) is 4.75. The molecule has 1 aromatic rings. The zero-order chi connectivity index (χ0) is 12.0. The fourth-order valence-corrected chi connectivity index (χ4v) is 1.49. The SMILES string of the molecule is O=C(O)C=CC(=O)NCc1cccc(Br)c1. The number of halogens is 1. The van der Waals surface area contributed by atoms with Crippen LogP contribution in [0.25, 0.3) is 0 Å². The molecule has 0 unspecified atom stereocenters. The van der Waals surface area contributed by atoms with Crippen molar-refractivity contribution in [3.63, 3.8) is 0 Å². The molecule has 0 aliphatic carbocycles. The Hall–Kier alpha value is -1.62. The number of aliphatic carboxylic acids is 1. The first-order valence-corrected chi connectivity index (χ1v) is 5.30. The van der Waals surface area contributed by atoms with Gasteiger partial charge in [-0.05, 0) is 17.7 Å². The third-order valence-corrected chi connectivity index (χ3v) is 2.23. The zero-order valence-electron chi connectivity index (χ0n) is 8.31. The summed E-state index contributed by atoms with van der Waals surface area (Å²) in [5, 5.41) is 10.9. The van der Waals surface area contributed by atoms with E-state index in [4.69, 9.17) is 5.11 Å². The van der Waals surface area contributed by atoms with Gasteiger partial charge in [-0.2, -0.15) is 0 Å². The zero-order valence-corrected chi connectivity index (χ0v) is 9.90. The van der Waals surface area contributed by atoms with Crippen molar-refractivity contribution in [1.29, 1.82) is 0 Å². The molecule has 1 amide bonds. The molecule has 1 rings (SSSR count). The quantitative estimate of drug-likeness (QED) is 0.827. The summed E-state index contributed by atoms with van der Waals surface area (Å²) >= 11 is 3.31. The summed E-state index contributed by atoms with van der Waals surface area (Å²) in [7, 11) is 0. The van der Waals surface area contributed by atoms with E-state index in [2.05, 4.69) is 21.2 Å². The monoisotopic (exact) mass is 283 g/mol. The maximum atomic E-state index is 11.1. The lowest BCUT2D eigenvalue weighted by Gasteiger charge is -2.02. The molecule has 0 aromatic heterocycles. The average Bonchev–Trinajstić information content (AvgIpc) is 2.23. The van der Waals surface area contributed by atoms with E-state index in [1.165, 1.54) is 0 Å². The predicted octanol–water partition coefficient (Wildman–Crippen LogP) is 1.71. The second kappa shape index (κ2) is 6.07. The van der Waals surface area contributed by atoms with Gasteiger partial charge in [0.25, 0.3) is 0 Å². The van der Waals surface area contributed by atoms with E-state index in [9.17, 15) is 9.59 Å². The average molecular weight is 284 g/mol. The first-order chi connectivity index (χ1) is 7.58. The topological polar surface area (TPSA) is 66.4 Å². The Balaban J connectivity index is 2.46. The van der Waals surface area contributed by atoms with E-state index < -0.39 is 11.9 Å². The van der Waals surface area contributed by atoms with Gasteiger partial charge in [0.05, 0.1) is 0 Å². The van der Waals surface area contributed by atoms with Gasteiger partial charge in [0.1, 0.15) is 0 Å². The minimum Gasteiger partial charge on any atom is -0.478 e. The maximum Gasteiger partial charge on any atom is 0.328 e. The van der Waals surface area contributed by atoms with E-state index in [1.807, 2.05) is 24.3 Å². The second-order valence-electron chi connectivity index (χ2n) is 3.02. The highest BCUT2D eigenvalue weighted by atomic mass is 79.9. The van der Waals surface area contributed by atoms with Gasteiger partial charge >= 0.3 is 5.97 Å². The Morgan fingerprint density at radius 3 is 2.75 bits per heavy atom. The summed E-state index contributed by atoms with van der Waals surface area (Å²) in [5.41, 5.74) is 0.937. The second-order valence-corrected chi connectivity index (χ2v) is 3.93. The summed E-state index contributed by atoms with van der Waals surface area (Å²) in [6, 6.07) is 7.49. The lowest BCUT2D eigenvalue weighted by molar-refractivity contribution is -0.131. The van der Waals surface area contributed by atoms with Crippen LogP contribution in [-0.4, -0.2) is 17.0 Å². The number of rotatable bonds is 4. The van der Waals surface area contributed by atoms with Crippen LogP contribution in [-0.2, 0) is 16.1 Å². The largest absolute Gasteiger partial charge is 0.478 e. The van der Waals surface area contributed by atoms with Crippen molar-refractivity contribution >= 4 is 27.8 Å². The highest BCUT2D eigenvalue weighted by Gasteiger charge is 1.98. The van der Waals surface area contributed by atoms with Crippen LogP contribution in [0.3, 0.4) is 0 Å². The molecule has 0 bridgehead atoms. The summed E-state index contributed by atoms with van der Waals surface area (Å²) in [5.74, 6) is -1.57. The normalized spacial score (nSPS) is 10.3. The summed E-state index contributed by atoms with van der Waals surface area (Å²) in [4.78, 5) is 21.3. The first kappa shape index (κ1) is 12.4. The Morgan fingerprint density at radius 2 is 2.12 bits per heavy atom. The molecule has 0 spiro atoms. The third-order valence-electron chi connectivity index (χ3n) is 1.73. The molecule has 0 aliphatic rings. The van der Waals surface area contributed by atoms with E-state index in [-0.39, 0.29) is 0 Å². The number of carbonyl (C=O) groups excluding carboxylic acids is 1. The molecular formula is C11H10BrNO3. The number of hydrogen-bond donors (Lipinski definition) is 2. The first-order valence-electron chi connectivity index (χ1n) is 4.51. The van der Waals surface area contributed by atoms with Gasteiger partial charge in [0, 0.05) is 23.2 Å². The maximum absolute atomic E-state index is 11.1. The molecule has 16 heavy (non-hydrogen) atoms. The van der Waals surface area contributed by atoms with Crippen molar-refractivity contribution in [3.8, 4) is 0 Å². The van der Waals surface area contributed by atoms with Gasteiger partial charge in [0.2, 0.25) is 5.91 Å². The number of benzene rings is 1. The van der Waals surface area contributed by atoms with Crippen LogP contribution < -0.4 is 5.32 Å². The smallest absolute Gasteiger partial charge is 0.328 e. The Bertz CT molecular complexity index is 429. The summed E-state index contributed by atoms with van der Waals surface area (Å²) in [6.45, 7) is 0.363. The fourth-order valence-electron chi connectivity index (χ4n) is 1.04. The van der Waals surface area contributed by atoms with Crippen molar-refractivity contribution in [1.82, 2.24) is 5.32 Å². The highest BCUT2D eigenvalue weighted by Crippen LogP contribution is 2.11. The van der Waals surface area contributed by atoms with E-state index in [0.29, 0.717) is 6.54 Å². The minimum absolute atomic E-state index is 0.363. The molecule has 0 radical (unpaired) electrons. The van der Waals surface area contributed by atoms with Crippen molar-refractivity contribution in [2.75, 3.05) is 0 Å². The molecule has 0 aliphatic heterocycles. The lowest BCUT2D eigenvalue weighted by atomic mass is 10.2. The van der Waals surface area contributed by atoms with Gasteiger partial charge < -0.3 is 10.4 Å². The highest BCUT2D eigenvalue weighted by molar-refractivity contribution is 9.10. The molecule has 0 saturated heterocycles. The number of carbonyl (C=O) groups is 2. The van der Waals surface area contributed by atoms with E-state index in [1.54, 1.807) is 0 Å². The molecular weight excluding hydrogens is 274 g/mol. The lowest BCUT2D eigenvalue weighted by Crippen LogP contribution is -2.20. The van der Waals surface area contributed by atoms with Gasteiger partial charge in [0.15, 0.2) is 0 Å². The van der Waals surface area contributed by atoms with Gasteiger partial charge in [-0.25, -0.2) is 4.79 Å². The predicted molar refractivity (Wildman–Crippen MR) is 62.8 cm³/mol. The van der Waals surface area contributed by atoms with Crippen molar-refractivity contribution in [3.05, 3.63) is 46.5 Å². The number of nitrogens with one attached hydrogen (secondary N) is 1. The Morgan fingerprint density at radius 1 is 1.38 bits per heavy atom. The molecule has 4 nitrogen and oxygen atoms in total. The van der Waals surface area contributed by atoms with Crippen LogP contribution in [0.2, 0.25) is 0 Å². The summed E-state index contributed by atoms with van der Waals surface area (Å²) < 4.78 is 0.931. The van der Waals surface area contributed by atoms with E-state index >= 15 is 0 Å². The molecule has 0 saturated carbocycles. The van der Waals surface area contributed by atoms with Gasteiger partial charge in [-0.1, -0.05) is 28.1 Å². The van der Waals surface area contributed by atoms with Crippen LogP contribution in [0.4, 0.5) is 0 Å². The molecule has 0 heterocycles. The summed E-state index contributed by atoms with van der Waals surface area (Å²) in [6.07, 6.45) is 1.79. The number of carboxylic acids is 1. The van der Waals surface area contributed by atoms with Crippen molar-refractivity contribution in [2.24, 2.45) is 0 Å². The van der Waals surface area contributed by atoms with Gasteiger partial charge in [-0.3, -0.25) is 4.79 Å². The van der Waals surface area contributed by atoms with Crippen LogP contribution in [0, 0.1) is 0 Å². The Kier molecular flexibility index (Phi) is 4.72. The van der Waals surface area contributed by atoms with Crippen LogP contribution in [0.5, 0.6) is 0 Å².